The van der Waals surface area contributed by atoms with Crippen LogP contribution in [0.4, 0.5) is 5.69 Å². The number of piperazine rings is 1. The minimum absolute atomic E-state index is 0.0818. The number of amides is 1. The highest BCUT2D eigenvalue weighted by Crippen LogP contribution is 2.37. The molecule has 2 aromatic heterocycles. The molecule has 0 unspecified atom stereocenters. The van der Waals surface area contributed by atoms with Crippen LogP contribution in [-0.4, -0.2) is 37.0 Å². The lowest BCUT2D eigenvalue weighted by Gasteiger charge is -2.37. The van der Waals surface area contributed by atoms with Gasteiger partial charge < -0.3 is 14.2 Å². The lowest BCUT2D eigenvalue weighted by Crippen LogP contribution is -2.49. The molecule has 0 radical (unpaired) electrons. The van der Waals surface area contributed by atoms with E-state index in [0.29, 0.717) is 0 Å². The number of fused-ring (bicyclic) bond motifs is 1. The van der Waals surface area contributed by atoms with Gasteiger partial charge in [-0.05, 0) is 38.0 Å². The number of carbonyl (C=O) groups is 1. The summed E-state index contributed by atoms with van der Waals surface area (Å²) in [6, 6.07) is 18.7. The van der Waals surface area contributed by atoms with E-state index >= 15 is 0 Å². The van der Waals surface area contributed by atoms with Crippen LogP contribution in [-0.2, 0) is 0 Å². The number of hydrogen-bond acceptors (Lipinski definition) is 4. The fraction of sp³-hybridized carbons (Fsp3) is 0.269. The number of thiophene rings is 1. The van der Waals surface area contributed by atoms with Crippen molar-refractivity contribution in [3.63, 3.8) is 0 Å². The van der Waals surface area contributed by atoms with Crippen molar-refractivity contribution in [3.8, 4) is 11.3 Å². The fourth-order valence-corrected chi connectivity index (χ4v) is 5.38. The molecule has 0 aliphatic carbocycles. The third-order valence-electron chi connectivity index (χ3n) is 6.08. The fourth-order valence-electron chi connectivity index (χ4n) is 4.36. The zero-order valence-electron chi connectivity index (χ0n) is 18.1. The molecular weight excluding hydrogens is 404 g/mol. The van der Waals surface area contributed by atoms with Crippen molar-refractivity contribution in [3.05, 3.63) is 76.2 Å². The Hall–Kier alpha value is -3.05. The van der Waals surface area contributed by atoms with Gasteiger partial charge in [0, 0.05) is 48.4 Å². The Bertz CT molecular complexity index is 1250. The van der Waals surface area contributed by atoms with Gasteiger partial charge in [-0.25, -0.2) is 0 Å². The molecule has 2 aromatic carbocycles. The molecule has 31 heavy (non-hydrogen) atoms. The second-order valence-electron chi connectivity index (χ2n) is 8.27. The van der Waals surface area contributed by atoms with Crippen molar-refractivity contribution >= 4 is 33.2 Å². The SMILES string of the molecule is Cc1ccc(C)c(N2CCN(C(=O)c3c(C)sc4cc(-c5ccccc5)oc34)CC2)c1. The number of aryl methyl sites for hydroxylation is 3. The summed E-state index contributed by atoms with van der Waals surface area (Å²) < 4.78 is 7.23. The van der Waals surface area contributed by atoms with Crippen molar-refractivity contribution < 1.29 is 9.21 Å². The number of rotatable bonds is 3. The maximum Gasteiger partial charge on any atom is 0.258 e. The zero-order valence-corrected chi connectivity index (χ0v) is 19.0. The Balaban J connectivity index is 1.38. The maximum absolute atomic E-state index is 13.5. The molecule has 1 amide bonds. The molecule has 4 nitrogen and oxygen atoms in total. The number of nitrogens with zero attached hydrogens (tertiary/aromatic N) is 2. The summed E-state index contributed by atoms with van der Waals surface area (Å²) in [6.45, 7) is 9.41. The van der Waals surface area contributed by atoms with Crippen LogP contribution in [0.25, 0.3) is 21.6 Å². The Morgan fingerprint density at radius 1 is 0.935 bits per heavy atom. The van der Waals surface area contributed by atoms with Gasteiger partial charge in [0.15, 0.2) is 5.58 Å². The highest BCUT2D eigenvalue weighted by molar-refractivity contribution is 7.19. The zero-order chi connectivity index (χ0) is 21.5. The largest absolute Gasteiger partial charge is 0.454 e. The van der Waals surface area contributed by atoms with Gasteiger partial charge in [0.05, 0.1) is 10.3 Å². The highest BCUT2D eigenvalue weighted by Gasteiger charge is 2.28. The van der Waals surface area contributed by atoms with E-state index in [4.69, 9.17) is 4.42 Å². The predicted molar refractivity (Wildman–Crippen MR) is 128 cm³/mol. The van der Waals surface area contributed by atoms with Crippen LogP contribution in [0.5, 0.6) is 0 Å². The van der Waals surface area contributed by atoms with Crippen molar-refractivity contribution in [2.45, 2.75) is 20.8 Å². The van der Waals surface area contributed by atoms with Gasteiger partial charge in [-0.1, -0.05) is 42.5 Å². The van der Waals surface area contributed by atoms with Crippen molar-refractivity contribution in [2.24, 2.45) is 0 Å². The molecule has 0 spiro atoms. The first kappa shape index (κ1) is 19.9. The molecule has 3 heterocycles. The quantitative estimate of drug-likeness (QED) is 0.397. The second kappa shape index (κ2) is 7.89. The number of hydrogen-bond donors (Lipinski definition) is 0. The average molecular weight is 431 g/mol. The lowest BCUT2D eigenvalue weighted by atomic mass is 10.1. The first-order chi connectivity index (χ1) is 15.0. The van der Waals surface area contributed by atoms with Gasteiger partial charge in [-0.15, -0.1) is 11.3 Å². The standard InChI is InChI=1S/C26H26N2O2S/c1-17-9-10-18(2)21(15-17)27-11-13-28(14-12-27)26(29)24-19(3)31-23-16-22(30-25(23)24)20-7-5-4-6-8-20/h4-10,15-16H,11-14H2,1-3H3. The molecule has 0 atom stereocenters. The van der Waals surface area contributed by atoms with Crippen LogP contribution in [0.2, 0.25) is 0 Å². The predicted octanol–water partition coefficient (Wildman–Crippen LogP) is 6.05. The Kier molecular flexibility index (Phi) is 5.06. The van der Waals surface area contributed by atoms with Crippen LogP contribution in [0, 0.1) is 20.8 Å². The number of carbonyl (C=O) groups excluding carboxylic acids is 1. The van der Waals surface area contributed by atoms with Gasteiger partial charge in [0.1, 0.15) is 5.76 Å². The van der Waals surface area contributed by atoms with Crippen LogP contribution < -0.4 is 4.90 Å². The van der Waals surface area contributed by atoms with Crippen LogP contribution in [0.15, 0.2) is 59.0 Å². The molecule has 0 bridgehead atoms. The Morgan fingerprint density at radius 3 is 2.42 bits per heavy atom. The molecule has 0 saturated carbocycles. The van der Waals surface area contributed by atoms with Gasteiger partial charge in [-0.2, -0.15) is 0 Å². The first-order valence-electron chi connectivity index (χ1n) is 10.7. The van der Waals surface area contributed by atoms with Crippen molar-refractivity contribution in [1.82, 2.24) is 4.90 Å². The third-order valence-corrected chi connectivity index (χ3v) is 7.12. The molecule has 1 saturated heterocycles. The summed E-state index contributed by atoms with van der Waals surface area (Å²) in [5, 5.41) is 0. The number of benzene rings is 2. The molecule has 1 fully saturated rings. The summed E-state index contributed by atoms with van der Waals surface area (Å²) in [5.41, 5.74) is 6.31. The van der Waals surface area contributed by atoms with E-state index in [1.165, 1.54) is 16.8 Å². The van der Waals surface area contributed by atoms with Gasteiger partial charge >= 0.3 is 0 Å². The second-order valence-corrected chi connectivity index (χ2v) is 9.53. The first-order valence-corrected chi connectivity index (χ1v) is 11.5. The van der Waals surface area contributed by atoms with Gasteiger partial charge in [-0.3, -0.25) is 4.79 Å². The van der Waals surface area contributed by atoms with Gasteiger partial charge in [0.25, 0.3) is 5.91 Å². The summed E-state index contributed by atoms with van der Waals surface area (Å²) in [4.78, 5) is 18.8. The minimum atomic E-state index is 0.0818. The van der Waals surface area contributed by atoms with E-state index in [1.807, 2.05) is 42.2 Å². The smallest absolute Gasteiger partial charge is 0.258 e. The summed E-state index contributed by atoms with van der Waals surface area (Å²) >= 11 is 1.64. The Morgan fingerprint density at radius 2 is 1.68 bits per heavy atom. The summed E-state index contributed by atoms with van der Waals surface area (Å²) in [7, 11) is 0. The van der Waals surface area contributed by atoms with E-state index in [9.17, 15) is 4.79 Å². The number of furan rings is 1. The summed E-state index contributed by atoms with van der Waals surface area (Å²) in [6.07, 6.45) is 0. The highest BCUT2D eigenvalue weighted by atomic mass is 32.1. The van der Waals surface area contributed by atoms with E-state index in [2.05, 4.69) is 43.0 Å². The van der Waals surface area contributed by atoms with Crippen molar-refractivity contribution in [2.75, 3.05) is 31.1 Å². The minimum Gasteiger partial charge on any atom is -0.454 e. The molecule has 1 aliphatic heterocycles. The van der Waals surface area contributed by atoms with Crippen LogP contribution in [0.3, 0.4) is 0 Å². The average Bonchev–Trinajstić information content (AvgIpc) is 3.32. The molecular formula is C26H26N2O2S. The van der Waals surface area contributed by atoms with Gasteiger partial charge in [0.2, 0.25) is 0 Å². The van der Waals surface area contributed by atoms with E-state index in [-0.39, 0.29) is 5.91 Å². The monoisotopic (exact) mass is 430 g/mol. The Labute approximate surface area is 186 Å². The normalized spacial score (nSPS) is 14.4. The summed E-state index contributed by atoms with van der Waals surface area (Å²) in [5.74, 6) is 0.897. The topological polar surface area (TPSA) is 36.7 Å². The van der Waals surface area contributed by atoms with Crippen LogP contribution >= 0.6 is 11.3 Å². The van der Waals surface area contributed by atoms with Crippen LogP contribution in [0.1, 0.15) is 26.4 Å². The lowest BCUT2D eigenvalue weighted by molar-refractivity contribution is 0.0747. The van der Waals surface area contributed by atoms with Crippen molar-refractivity contribution in [1.29, 1.82) is 0 Å². The third kappa shape index (κ3) is 3.63. The number of anilines is 1. The molecule has 4 aromatic rings. The molecule has 0 N–H and O–H groups in total. The van der Waals surface area contributed by atoms with E-state index < -0.39 is 0 Å². The molecule has 1 aliphatic rings. The molecule has 158 valence electrons. The van der Waals surface area contributed by atoms with E-state index in [0.717, 1.165) is 58.2 Å². The maximum atomic E-state index is 13.5. The molecule has 5 heteroatoms. The van der Waals surface area contributed by atoms with E-state index in [1.54, 1.807) is 11.3 Å². The molecule has 5 rings (SSSR count).